The van der Waals surface area contributed by atoms with Crippen LogP contribution in [0.25, 0.3) is 0 Å². The first-order valence-corrected chi connectivity index (χ1v) is 11.3. The van der Waals surface area contributed by atoms with Gasteiger partial charge in [0.05, 0.1) is 11.4 Å². The highest BCUT2D eigenvalue weighted by atomic mass is 32.2. The van der Waals surface area contributed by atoms with E-state index in [9.17, 15) is 8.42 Å². The molecule has 0 radical (unpaired) electrons. The molecule has 1 fully saturated rings. The largest absolute Gasteiger partial charge is 0.357 e. The Balaban J connectivity index is 2.09. The van der Waals surface area contributed by atoms with Crippen molar-refractivity contribution >= 4 is 16.0 Å². The second kappa shape index (κ2) is 9.55. The Morgan fingerprint density at radius 1 is 1.26 bits per heavy atom. The Bertz CT molecular complexity index is 721. The summed E-state index contributed by atoms with van der Waals surface area (Å²) in [7, 11) is -1.83. The van der Waals surface area contributed by atoms with Crippen LogP contribution in [-0.2, 0) is 16.6 Å². The Labute approximate surface area is 164 Å². The van der Waals surface area contributed by atoms with Crippen LogP contribution in [0.1, 0.15) is 46.1 Å². The lowest BCUT2D eigenvalue weighted by atomic mass is 10.00. The monoisotopic (exact) mass is 394 g/mol. The summed E-state index contributed by atoms with van der Waals surface area (Å²) in [6, 6.07) is 6.98. The van der Waals surface area contributed by atoms with Crippen LogP contribution in [0.15, 0.2) is 34.2 Å². The van der Waals surface area contributed by atoms with Gasteiger partial charge in [-0.25, -0.2) is 13.4 Å². The fourth-order valence-corrected chi connectivity index (χ4v) is 4.39. The highest BCUT2D eigenvalue weighted by Gasteiger charge is 2.23. The number of piperidine rings is 1. The fourth-order valence-electron chi connectivity index (χ4n) is 3.02. The van der Waals surface area contributed by atoms with E-state index in [0.717, 1.165) is 37.1 Å². The molecule has 1 saturated heterocycles. The number of rotatable bonds is 6. The van der Waals surface area contributed by atoms with E-state index in [2.05, 4.69) is 24.1 Å². The van der Waals surface area contributed by atoms with Gasteiger partial charge in [-0.2, -0.15) is 4.31 Å². The van der Waals surface area contributed by atoms with Gasteiger partial charge in [0.25, 0.3) is 0 Å². The molecular weight excluding hydrogens is 360 g/mol. The molecule has 27 heavy (non-hydrogen) atoms. The van der Waals surface area contributed by atoms with E-state index in [4.69, 9.17) is 4.99 Å². The van der Waals surface area contributed by atoms with E-state index in [1.807, 2.05) is 26.0 Å². The lowest BCUT2D eigenvalue weighted by Crippen LogP contribution is -2.45. The second-order valence-electron chi connectivity index (χ2n) is 7.60. The Hall–Kier alpha value is -1.60. The summed E-state index contributed by atoms with van der Waals surface area (Å²) in [5.74, 6) is 1.73. The molecule has 0 bridgehead atoms. The zero-order valence-corrected chi connectivity index (χ0v) is 18.1. The molecule has 0 amide bonds. The summed E-state index contributed by atoms with van der Waals surface area (Å²) in [5, 5.41) is 3.37. The third-order valence-electron chi connectivity index (χ3n) is 5.16. The minimum Gasteiger partial charge on any atom is -0.357 e. The minimum atomic E-state index is -3.44. The predicted molar refractivity (Wildman–Crippen MR) is 111 cm³/mol. The van der Waals surface area contributed by atoms with Crippen molar-refractivity contribution in [3.8, 4) is 0 Å². The standard InChI is InChI=1S/C20H34N4O2S/c1-6-21-20(24-13-11-17(4)12-14-24)22-15-18-7-9-19(10-8-18)27(25,26)23(5)16(2)3/h7-10,16-17H,6,11-15H2,1-5H3,(H,21,22). The lowest BCUT2D eigenvalue weighted by molar-refractivity contribution is 0.273. The van der Waals surface area contributed by atoms with Crippen LogP contribution in [0, 0.1) is 5.92 Å². The van der Waals surface area contributed by atoms with Gasteiger partial charge in [-0.3, -0.25) is 0 Å². The molecular formula is C20H34N4O2S. The van der Waals surface area contributed by atoms with E-state index in [-0.39, 0.29) is 6.04 Å². The van der Waals surface area contributed by atoms with Crippen LogP contribution in [-0.4, -0.2) is 56.3 Å². The van der Waals surface area contributed by atoms with Crippen molar-refractivity contribution in [1.29, 1.82) is 0 Å². The van der Waals surface area contributed by atoms with Crippen LogP contribution < -0.4 is 5.32 Å². The number of likely N-dealkylation sites (tertiary alicyclic amines) is 1. The van der Waals surface area contributed by atoms with E-state index in [1.54, 1.807) is 19.2 Å². The molecule has 1 aliphatic heterocycles. The van der Waals surface area contributed by atoms with Gasteiger partial charge in [-0.05, 0) is 57.2 Å². The fraction of sp³-hybridized carbons (Fsp3) is 0.650. The molecule has 152 valence electrons. The Kier molecular flexibility index (Phi) is 7.68. The topological polar surface area (TPSA) is 65.0 Å². The van der Waals surface area contributed by atoms with Crippen molar-refractivity contribution in [1.82, 2.24) is 14.5 Å². The first-order chi connectivity index (χ1) is 12.8. The smallest absolute Gasteiger partial charge is 0.243 e. The highest BCUT2D eigenvalue weighted by Crippen LogP contribution is 2.18. The van der Waals surface area contributed by atoms with Gasteiger partial charge in [0, 0.05) is 32.7 Å². The maximum atomic E-state index is 12.6. The van der Waals surface area contributed by atoms with Crippen LogP contribution in [0.3, 0.4) is 0 Å². The zero-order chi connectivity index (χ0) is 20.0. The summed E-state index contributed by atoms with van der Waals surface area (Å²) in [6.45, 7) is 11.5. The van der Waals surface area contributed by atoms with Gasteiger partial charge in [0.2, 0.25) is 10.0 Å². The highest BCUT2D eigenvalue weighted by molar-refractivity contribution is 7.89. The number of hydrogen-bond acceptors (Lipinski definition) is 3. The minimum absolute atomic E-state index is 0.0748. The molecule has 0 atom stereocenters. The molecule has 2 rings (SSSR count). The number of nitrogens with zero attached hydrogens (tertiary/aromatic N) is 3. The predicted octanol–water partition coefficient (Wildman–Crippen LogP) is 2.91. The molecule has 1 aromatic rings. The summed E-state index contributed by atoms with van der Waals surface area (Å²) in [5.41, 5.74) is 1.00. The van der Waals surface area contributed by atoms with Crippen molar-refractivity contribution in [2.75, 3.05) is 26.7 Å². The van der Waals surface area contributed by atoms with Crippen molar-refractivity contribution in [2.45, 2.75) is 58.0 Å². The van der Waals surface area contributed by atoms with Crippen molar-refractivity contribution in [3.63, 3.8) is 0 Å². The molecule has 0 unspecified atom stereocenters. The van der Waals surface area contributed by atoms with Crippen molar-refractivity contribution in [3.05, 3.63) is 29.8 Å². The Morgan fingerprint density at radius 3 is 2.37 bits per heavy atom. The lowest BCUT2D eigenvalue weighted by Gasteiger charge is -2.33. The molecule has 0 spiro atoms. The van der Waals surface area contributed by atoms with Gasteiger partial charge in [-0.15, -0.1) is 0 Å². The molecule has 6 nitrogen and oxygen atoms in total. The molecule has 7 heteroatoms. The second-order valence-corrected chi connectivity index (χ2v) is 9.60. The van der Waals surface area contributed by atoms with E-state index >= 15 is 0 Å². The molecule has 0 aliphatic carbocycles. The number of aliphatic imine (C=N–C) groups is 1. The average molecular weight is 395 g/mol. The van der Waals surface area contributed by atoms with Gasteiger partial charge < -0.3 is 10.2 Å². The molecule has 1 heterocycles. The van der Waals surface area contributed by atoms with Crippen LogP contribution in [0.4, 0.5) is 0 Å². The maximum absolute atomic E-state index is 12.6. The van der Waals surface area contributed by atoms with Crippen molar-refractivity contribution in [2.24, 2.45) is 10.9 Å². The van der Waals surface area contributed by atoms with E-state index in [0.29, 0.717) is 11.4 Å². The third kappa shape index (κ3) is 5.69. The number of hydrogen-bond donors (Lipinski definition) is 1. The van der Waals surface area contributed by atoms with Crippen LogP contribution >= 0.6 is 0 Å². The first-order valence-electron chi connectivity index (χ1n) is 9.86. The van der Waals surface area contributed by atoms with Crippen molar-refractivity contribution < 1.29 is 8.42 Å². The number of guanidine groups is 1. The molecule has 0 aromatic heterocycles. The Morgan fingerprint density at radius 2 is 1.85 bits per heavy atom. The molecule has 0 saturated carbocycles. The number of benzene rings is 1. The van der Waals surface area contributed by atoms with Gasteiger partial charge in [0.1, 0.15) is 0 Å². The van der Waals surface area contributed by atoms with E-state index in [1.165, 1.54) is 17.1 Å². The maximum Gasteiger partial charge on any atom is 0.243 e. The van der Waals surface area contributed by atoms with Gasteiger partial charge in [0.15, 0.2) is 5.96 Å². The summed E-state index contributed by atoms with van der Waals surface area (Å²) in [4.78, 5) is 7.40. The van der Waals surface area contributed by atoms with E-state index < -0.39 is 10.0 Å². The summed E-state index contributed by atoms with van der Waals surface area (Å²) in [6.07, 6.45) is 2.39. The SMILES string of the molecule is CCNC(=NCc1ccc(S(=O)(=O)N(C)C(C)C)cc1)N1CCC(C)CC1. The quantitative estimate of drug-likeness (QED) is 0.595. The molecule has 1 aromatic carbocycles. The van der Waals surface area contributed by atoms with Gasteiger partial charge >= 0.3 is 0 Å². The van der Waals surface area contributed by atoms with Crippen LogP contribution in [0.2, 0.25) is 0 Å². The average Bonchev–Trinajstić information content (AvgIpc) is 2.65. The summed E-state index contributed by atoms with van der Waals surface area (Å²) >= 11 is 0. The number of sulfonamides is 1. The van der Waals surface area contributed by atoms with Gasteiger partial charge in [-0.1, -0.05) is 19.1 Å². The molecule has 1 N–H and O–H groups in total. The normalized spacial score (nSPS) is 17.0. The third-order valence-corrected chi connectivity index (χ3v) is 7.20. The molecule has 1 aliphatic rings. The van der Waals surface area contributed by atoms with Crippen LogP contribution in [0.5, 0.6) is 0 Å². The zero-order valence-electron chi connectivity index (χ0n) is 17.3. The first kappa shape index (κ1) is 21.7. The number of nitrogens with one attached hydrogen (secondary N) is 1. The summed E-state index contributed by atoms with van der Waals surface area (Å²) < 4.78 is 26.5.